The van der Waals surface area contributed by atoms with Gasteiger partial charge in [-0.3, -0.25) is 9.69 Å². The molecular weight excluding hydrogens is 518 g/mol. The number of carbonyl (C=O) groups is 1. The van der Waals surface area contributed by atoms with E-state index in [0.717, 1.165) is 50.8 Å². The van der Waals surface area contributed by atoms with Gasteiger partial charge in [-0.1, -0.05) is 63.5 Å². The van der Waals surface area contributed by atoms with Gasteiger partial charge in [0.05, 0.1) is 11.0 Å². The zero-order valence-electron chi connectivity index (χ0n) is 26.4. The number of esters is 1. The predicted molar refractivity (Wildman–Crippen MR) is 172 cm³/mol. The average molecular weight is 570 g/mol. The number of benzene rings is 1. The van der Waals surface area contributed by atoms with Gasteiger partial charge in [0.1, 0.15) is 12.4 Å². The molecule has 2 saturated carbocycles. The van der Waals surface area contributed by atoms with Crippen LogP contribution in [0.5, 0.6) is 0 Å². The Hall–Kier alpha value is -2.66. The van der Waals surface area contributed by atoms with Gasteiger partial charge in [0.25, 0.3) is 0 Å². The number of aromatic nitrogens is 2. The van der Waals surface area contributed by atoms with Crippen LogP contribution in [-0.2, 0) is 9.53 Å². The second-order valence-electron chi connectivity index (χ2n) is 14.2. The molecular formula is C37H51N3O2. The van der Waals surface area contributed by atoms with E-state index in [-0.39, 0.29) is 22.9 Å². The molecule has 0 unspecified atom stereocenters. The van der Waals surface area contributed by atoms with Crippen molar-refractivity contribution in [3.05, 3.63) is 60.5 Å². The van der Waals surface area contributed by atoms with Crippen molar-refractivity contribution in [3.8, 4) is 0 Å². The summed E-state index contributed by atoms with van der Waals surface area (Å²) in [5.41, 5.74) is 7.37. The minimum Gasteiger partial charge on any atom is -0.462 e. The third-order valence-electron chi connectivity index (χ3n) is 11.7. The van der Waals surface area contributed by atoms with Crippen molar-refractivity contribution < 1.29 is 9.53 Å². The summed E-state index contributed by atoms with van der Waals surface area (Å²) in [4.78, 5) is 19.2. The molecule has 1 heterocycles. The Kier molecular flexibility index (Phi) is 8.26. The summed E-state index contributed by atoms with van der Waals surface area (Å²) in [6.45, 7) is 16.1. The molecule has 0 spiro atoms. The highest BCUT2D eigenvalue weighted by molar-refractivity contribution is 5.81. The summed E-state index contributed by atoms with van der Waals surface area (Å²) in [5, 5.41) is 0. The Labute approximate surface area is 253 Å². The first-order chi connectivity index (χ1) is 20.3. The quantitative estimate of drug-likeness (QED) is 0.164. The highest BCUT2D eigenvalue weighted by Gasteiger charge is 2.58. The zero-order valence-corrected chi connectivity index (χ0v) is 26.4. The van der Waals surface area contributed by atoms with E-state index in [4.69, 9.17) is 9.72 Å². The lowest BCUT2D eigenvalue weighted by molar-refractivity contribution is -0.148. The lowest BCUT2D eigenvalue weighted by Gasteiger charge is -2.57. The molecule has 2 aromatic rings. The van der Waals surface area contributed by atoms with Gasteiger partial charge < -0.3 is 9.30 Å². The van der Waals surface area contributed by atoms with Crippen molar-refractivity contribution in [1.82, 2.24) is 14.5 Å². The van der Waals surface area contributed by atoms with Gasteiger partial charge in [0.15, 0.2) is 0 Å². The average Bonchev–Trinajstić information content (AvgIpc) is 3.50. The Morgan fingerprint density at radius 3 is 2.74 bits per heavy atom. The number of hydrogen-bond acceptors (Lipinski definition) is 4. The van der Waals surface area contributed by atoms with Gasteiger partial charge in [-0.05, 0) is 92.4 Å². The van der Waals surface area contributed by atoms with E-state index in [1.54, 1.807) is 18.1 Å². The molecule has 1 aromatic heterocycles. The molecule has 0 saturated heterocycles. The third-order valence-corrected chi connectivity index (χ3v) is 11.7. The maximum atomic E-state index is 11.7. The molecule has 226 valence electrons. The van der Waals surface area contributed by atoms with Crippen LogP contribution in [0.2, 0.25) is 0 Å². The Morgan fingerprint density at radius 1 is 1.14 bits per heavy atom. The lowest BCUT2D eigenvalue weighted by Crippen LogP contribution is -2.50. The molecule has 0 bridgehead atoms. The Bertz CT molecular complexity index is 1390. The van der Waals surface area contributed by atoms with Crippen molar-refractivity contribution in [2.24, 2.45) is 28.6 Å². The van der Waals surface area contributed by atoms with Crippen LogP contribution in [0.25, 0.3) is 16.7 Å². The van der Waals surface area contributed by atoms with E-state index in [1.165, 1.54) is 49.7 Å². The first-order valence-electron chi connectivity index (χ1n) is 16.6. The minimum atomic E-state index is -0.143. The maximum absolute atomic E-state index is 11.7. The number of imidazole rings is 1. The van der Waals surface area contributed by atoms with Gasteiger partial charge in [0.2, 0.25) is 0 Å². The van der Waals surface area contributed by atoms with E-state index >= 15 is 0 Å². The first-order valence-corrected chi connectivity index (χ1v) is 16.6. The second-order valence-corrected chi connectivity index (χ2v) is 14.2. The molecule has 4 aliphatic carbocycles. The van der Waals surface area contributed by atoms with E-state index in [0.29, 0.717) is 17.8 Å². The van der Waals surface area contributed by atoms with Gasteiger partial charge in [-0.25, -0.2) is 4.98 Å². The van der Waals surface area contributed by atoms with Crippen LogP contribution in [0.15, 0.2) is 60.5 Å². The number of rotatable bonds is 10. The topological polar surface area (TPSA) is 47.4 Å². The zero-order chi connectivity index (χ0) is 29.5. The van der Waals surface area contributed by atoms with Crippen LogP contribution in [0.4, 0.5) is 0 Å². The molecule has 1 aromatic carbocycles. The third kappa shape index (κ3) is 5.10. The number of nitrogens with zero attached hydrogens (tertiary/aromatic N) is 3. The number of fused-ring (bicyclic) bond motifs is 6. The molecule has 0 amide bonds. The standard InChI is InChI=1S/C37H51N3O2/c1-6-8-11-21-39(20-7-2)24-27-22-32-30-15-14-28-23-29(42-26(3)41)16-18-36(28,4)31(30)17-19-37(32,5)35(27)40-25-38-33-12-9-10-13-34(33)40/h7,9-10,12-14,25,29-32H,2,6,8,11,15-24H2,1,3-5H3/t29-,30+,31-,32-,36-,37-/m0/s1. The van der Waals surface area contributed by atoms with Crippen molar-refractivity contribution in [2.75, 3.05) is 19.6 Å². The van der Waals surface area contributed by atoms with Gasteiger partial charge in [0, 0.05) is 37.5 Å². The van der Waals surface area contributed by atoms with Crippen LogP contribution in [0.1, 0.15) is 91.9 Å². The van der Waals surface area contributed by atoms with Gasteiger partial charge >= 0.3 is 5.97 Å². The number of carbonyl (C=O) groups excluding carboxylic acids is 1. The SMILES string of the molecule is C=CCN(CCCCC)CC1=C(n2cnc3ccccc32)[C@@]2(C)CC[C@H]3[C@@H](CC=C4C[C@@H](OC(C)=O)CC[C@@]43C)[C@@H]2C1. The van der Waals surface area contributed by atoms with Crippen LogP contribution in [0.3, 0.4) is 0 Å². The molecule has 0 aliphatic heterocycles. The molecule has 5 heteroatoms. The minimum absolute atomic E-state index is 0.0525. The Morgan fingerprint density at radius 2 is 1.95 bits per heavy atom. The molecule has 5 nitrogen and oxygen atoms in total. The number of unbranched alkanes of at least 4 members (excludes halogenated alkanes) is 2. The summed E-state index contributed by atoms with van der Waals surface area (Å²) in [7, 11) is 0. The smallest absolute Gasteiger partial charge is 0.302 e. The number of ether oxygens (including phenoxy) is 1. The molecule has 42 heavy (non-hydrogen) atoms. The number of hydrogen-bond donors (Lipinski definition) is 0. The second kappa shape index (κ2) is 11.8. The van der Waals surface area contributed by atoms with Crippen molar-refractivity contribution in [3.63, 3.8) is 0 Å². The first kappa shape index (κ1) is 29.4. The summed E-state index contributed by atoms with van der Waals surface area (Å²) < 4.78 is 8.17. The van der Waals surface area contributed by atoms with E-state index < -0.39 is 0 Å². The normalized spacial score (nSPS) is 32.4. The van der Waals surface area contributed by atoms with Crippen LogP contribution in [0, 0.1) is 28.6 Å². The van der Waals surface area contributed by atoms with Crippen molar-refractivity contribution in [1.29, 1.82) is 0 Å². The van der Waals surface area contributed by atoms with E-state index in [1.807, 2.05) is 0 Å². The summed E-state index contributed by atoms with van der Waals surface area (Å²) in [5.74, 6) is 1.86. The van der Waals surface area contributed by atoms with Gasteiger partial charge in [-0.15, -0.1) is 6.58 Å². The van der Waals surface area contributed by atoms with Crippen LogP contribution >= 0.6 is 0 Å². The fraction of sp³-hybridized carbons (Fsp3) is 0.622. The van der Waals surface area contributed by atoms with Gasteiger partial charge in [-0.2, -0.15) is 0 Å². The monoisotopic (exact) mass is 569 g/mol. The molecule has 4 aliphatic rings. The summed E-state index contributed by atoms with van der Waals surface area (Å²) >= 11 is 0. The molecule has 2 fully saturated rings. The highest BCUT2D eigenvalue weighted by atomic mass is 16.5. The van der Waals surface area contributed by atoms with Crippen molar-refractivity contribution in [2.45, 2.75) is 98.0 Å². The largest absolute Gasteiger partial charge is 0.462 e. The van der Waals surface area contributed by atoms with Crippen molar-refractivity contribution >= 4 is 22.7 Å². The lowest BCUT2D eigenvalue weighted by atomic mass is 9.47. The molecule has 6 rings (SSSR count). The molecule has 0 N–H and O–H groups in total. The number of allylic oxidation sites excluding steroid dienone is 2. The predicted octanol–water partition coefficient (Wildman–Crippen LogP) is 8.43. The summed E-state index contributed by atoms with van der Waals surface area (Å²) in [6, 6.07) is 8.65. The van der Waals surface area contributed by atoms with E-state index in [2.05, 4.69) is 79.6 Å². The fourth-order valence-electron chi connectivity index (χ4n) is 9.71. The van der Waals surface area contributed by atoms with E-state index in [9.17, 15) is 4.79 Å². The molecule has 0 radical (unpaired) electrons. The Balaban J connectivity index is 1.35. The highest BCUT2D eigenvalue weighted by Crippen LogP contribution is 2.67. The maximum Gasteiger partial charge on any atom is 0.302 e. The van der Waals surface area contributed by atoms with Crippen LogP contribution in [-0.4, -0.2) is 46.2 Å². The number of para-hydroxylation sites is 2. The summed E-state index contributed by atoms with van der Waals surface area (Å²) in [6.07, 6.45) is 18.4. The fourth-order valence-corrected chi connectivity index (χ4v) is 9.71. The molecule has 6 atom stereocenters. The van der Waals surface area contributed by atoms with Crippen LogP contribution < -0.4 is 0 Å².